The fourth-order valence-electron chi connectivity index (χ4n) is 1.67. The summed E-state index contributed by atoms with van der Waals surface area (Å²) >= 11 is 11.2. The molecule has 0 fully saturated rings. The molecule has 7 nitrogen and oxygen atoms in total. The lowest BCUT2D eigenvalue weighted by molar-refractivity contribution is 0.405. The Morgan fingerprint density at radius 1 is 0.682 bits per heavy atom. The third-order valence-electron chi connectivity index (χ3n) is 2.68. The zero-order valence-electron chi connectivity index (χ0n) is 10.4. The SMILES string of the molecule is O=S(c1c(O)cc(O)c(Cl)c1O)c1c(O)cc(O)c(Cl)c1O. The van der Waals surface area contributed by atoms with Crippen molar-refractivity contribution in [2.75, 3.05) is 0 Å². The topological polar surface area (TPSA) is 138 Å². The maximum Gasteiger partial charge on any atom is 0.158 e. The van der Waals surface area contributed by atoms with Crippen molar-refractivity contribution in [3.05, 3.63) is 22.2 Å². The Morgan fingerprint density at radius 2 is 1.00 bits per heavy atom. The molecule has 0 heterocycles. The summed E-state index contributed by atoms with van der Waals surface area (Å²) < 4.78 is 12.4. The monoisotopic (exact) mass is 366 g/mol. The Labute approximate surface area is 135 Å². The Bertz CT molecular complexity index is 742. The van der Waals surface area contributed by atoms with Gasteiger partial charge in [0.2, 0.25) is 0 Å². The fourth-order valence-corrected chi connectivity index (χ4v) is 3.34. The second-order valence-electron chi connectivity index (χ2n) is 4.08. The number of rotatable bonds is 2. The highest BCUT2D eigenvalue weighted by atomic mass is 35.5. The van der Waals surface area contributed by atoms with Gasteiger partial charge in [0.1, 0.15) is 53.6 Å². The van der Waals surface area contributed by atoms with Crippen LogP contribution in [0.25, 0.3) is 0 Å². The predicted molar refractivity (Wildman–Crippen MR) is 77.6 cm³/mol. The first-order chi connectivity index (χ1) is 10.2. The summed E-state index contributed by atoms with van der Waals surface area (Å²) in [4.78, 5) is -1.31. The average Bonchev–Trinajstić information content (AvgIpc) is 2.42. The van der Waals surface area contributed by atoms with Crippen LogP contribution in [0.4, 0.5) is 0 Å². The van der Waals surface area contributed by atoms with Gasteiger partial charge in [0.15, 0.2) is 11.5 Å². The Morgan fingerprint density at radius 3 is 1.32 bits per heavy atom. The fraction of sp³-hybridized carbons (Fsp3) is 0. The maximum absolute atomic E-state index is 12.4. The van der Waals surface area contributed by atoms with Crippen molar-refractivity contribution in [3.8, 4) is 34.5 Å². The third-order valence-corrected chi connectivity index (χ3v) is 4.97. The second kappa shape index (κ2) is 5.64. The molecule has 0 aliphatic carbocycles. The molecule has 118 valence electrons. The van der Waals surface area contributed by atoms with Gasteiger partial charge in [-0.15, -0.1) is 0 Å². The molecule has 0 atom stereocenters. The number of phenols is 6. The van der Waals surface area contributed by atoms with Gasteiger partial charge < -0.3 is 30.6 Å². The van der Waals surface area contributed by atoms with E-state index < -0.39 is 65.1 Å². The van der Waals surface area contributed by atoms with E-state index in [2.05, 4.69) is 0 Å². The first kappa shape index (κ1) is 16.3. The Hall–Kier alpha value is -2.03. The summed E-state index contributed by atoms with van der Waals surface area (Å²) in [5.74, 6) is -4.70. The van der Waals surface area contributed by atoms with Crippen LogP contribution in [-0.4, -0.2) is 34.8 Å². The van der Waals surface area contributed by atoms with E-state index in [0.717, 1.165) is 12.1 Å². The first-order valence-electron chi connectivity index (χ1n) is 5.45. The third kappa shape index (κ3) is 2.45. The first-order valence-corrected chi connectivity index (χ1v) is 7.35. The van der Waals surface area contributed by atoms with E-state index in [-0.39, 0.29) is 0 Å². The van der Waals surface area contributed by atoms with Gasteiger partial charge >= 0.3 is 0 Å². The molecule has 0 unspecified atom stereocenters. The summed E-state index contributed by atoms with van der Waals surface area (Å²) in [7, 11) is -2.52. The average molecular weight is 367 g/mol. The van der Waals surface area contributed by atoms with Crippen LogP contribution in [0.5, 0.6) is 34.5 Å². The molecule has 0 aliphatic rings. The molecule has 2 aromatic carbocycles. The molecule has 6 N–H and O–H groups in total. The zero-order valence-corrected chi connectivity index (χ0v) is 12.7. The van der Waals surface area contributed by atoms with E-state index >= 15 is 0 Å². The molecule has 0 saturated carbocycles. The molecule has 2 aromatic rings. The van der Waals surface area contributed by atoms with Crippen molar-refractivity contribution in [2.45, 2.75) is 9.79 Å². The number of hydrogen-bond acceptors (Lipinski definition) is 7. The number of aromatic hydroxyl groups is 6. The Balaban J connectivity index is 2.75. The number of phenolic OH excluding ortho intramolecular Hbond substituents is 6. The Kier molecular flexibility index (Phi) is 4.19. The molecule has 0 radical (unpaired) electrons. The van der Waals surface area contributed by atoms with E-state index in [1.165, 1.54) is 0 Å². The molecule has 0 spiro atoms. The van der Waals surface area contributed by atoms with Crippen molar-refractivity contribution in [3.63, 3.8) is 0 Å². The van der Waals surface area contributed by atoms with Gasteiger partial charge in [-0.1, -0.05) is 23.2 Å². The van der Waals surface area contributed by atoms with Crippen LogP contribution in [-0.2, 0) is 10.8 Å². The zero-order chi connectivity index (χ0) is 16.8. The van der Waals surface area contributed by atoms with Gasteiger partial charge in [0.05, 0.1) is 0 Å². The van der Waals surface area contributed by atoms with Crippen LogP contribution < -0.4 is 0 Å². The van der Waals surface area contributed by atoms with Gasteiger partial charge in [-0.05, 0) is 0 Å². The largest absolute Gasteiger partial charge is 0.506 e. The predicted octanol–water partition coefficient (Wildman–Crippen LogP) is 2.39. The van der Waals surface area contributed by atoms with Crippen LogP contribution >= 0.6 is 23.2 Å². The molecular formula is C12H8Cl2O7S. The molecule has 0 saturated heterocycles. The highest BCUT2D eigenvalue weighted by Crippen LogP contribution is 2.49. The van der Waals surface area contributed by atoms with Gasteiger partial charge in [-0.2, -0.15) is 0 Å². The van der Waals surface area contributed by atoms with Gasteiger partial charge in [0, 0.05) is 12.1 Å². The van der Waals surface area contributed by atoms with E-state index in [0.29, 0.717) is 0 Å². The normalized spacial score (nSPS) is 11.0. The standard InChI is InChI=1S/C12H8Cl2O7S/c13-7-3(15)1-5(17)11(9(7)19)22(21)12-6(18)2-4(16)8(14)10(12)20/h1-2,15-20H. The van der Waals surface area contributed by atoms with Crippen molar-refractivity contribution in [2.24, 2.45) is 0 Å². The smallest absolute Gasteiger partial charge is 0.158 e. The summed E-state index contributed by atoms with van der Waals surface area (Å²) in [6.07, 6.45) is 0. The minimum atomic E-state index is -2.52. The van der Waals surface area contributed by atoms with Crippen LogP contribution in [0.3, 0.4) is 0 Å². The summed E-state index contributed by atoms with van der Waals surface area (Å²) in [5, 5.41) is 56.6. The summed E-state index contributed by atoms with van der Waals surface area (Å²) in [5.41, 5.74) is 0. The number of halogens is 2. The van der Waals surface area contributed by atoms with Crippen LogP contribution in [0, 0.1) is 0 Å². The van der Waals surface area contributed by atoms with Gasteiger partial charge in [-0.3, -0.25) is 0 Å². The molecule has 22 heavy (non-hydrogen) atoms. The van der Waals surface area contributed by atoms with Crippen LogP contribution in [0.2, 0.25) is 10.0 Å². The van der Waals surface area contributed by atoms with Crippen molar-refractivity contribution >= 4 is 34.0 Å². The number of benzene rings is 2. The molecule has 10 heteroatoms. The van der Waals surface area contributed by atoms with E-state index in [1.54, 1.807) is 0 Å². The lowest BCUT2D eigenvalue weighted by atomic mass is 10.3. The molecule has 0 aromatic heterocycles. The van der Waals surface area contributed by atoms with Gasteiger partial charge in [0.25, 0.3) is 0 Å². The minimum absolute atomic E-state index is 0.579. The van der Waals surface area contributed by atoms with Crippen molar-refractivity contribution < 1.29 is 34.8 Å². The second-order valence-corrected chi connectivity index (χ2v) is 6.19. The molecule has 0 amide bonds. The lowest BCUT2D eigenvalue weighted by Gasteiger charge is -2.13. The van der Waals surface area contributed by atoms with Crippen LogP contribution in [0.1, 0.15) is 0 Å². The van der Waals surface area contributed by atoms with E-state index in [9.17, 15) is 34.8 Å². The molecule has 0 bridgehead atoms. The molecular weight excluding hydrogens is 359 g/mol. The highest BCUT2D eigenvalue weighted by Gasteiger charge is 2.28. The maximum atomic E-state index is 12.4. The quantitative estimate of drug-likeness (QED) is 0.479. The number of hydrogen-bond donors (Lipinski definition) is 6. The molecule has 0 aliphatic heterocycles. The summed E-state index contributed by atoms with van der Waals surface area (Å²) in [6.45, 7) is 0. The minimum Gasteiger partial charge on any atom is -0.506 e. The van der Waals surface area contributed by atoms with E-state index in [1.807, 2.05) is 0 Å². The summed E-state index contributed by atoms with van der Waals surface area (Å²) in [6, 6.07) is 1.46. The van der Waals surface area contributed by atoms with Crippen LogP contribution in [0.15, 0.2) is 21.9 Å². The van der Waals surface area contributed by atoms with Crippen molar-refractivity contribution in [1.29, 1.82) is 0 Å². The van der Waals surface area contributed by atoms with E-state index in [4.69, 9.17) is 23.2 Å². The molecule has 2 rings (SSSR count). The van der Waals surface area contributed by atoms with Crippen molar-refractivity contribution in [1.82, 2.24) is 0 Å². The highest BCUT2D eigenvalue weighted by molar-refractivity contribution is 7.85. The lowest BCUT2D eigenvalue weighted by Crippen LogP contribution is -1.97. The van der Waals surface area contributed by atoms with Gasteiger partial charge in [-0.25, -0.2) is 4.21 Å².